The van der Waals surface area contributed by atoms with E-state index in [2.05, 4.69) is 323 Å². The van der Waals surface area contributed by atoms with E-state index in [0.29, 0.717) is 0 Å². The molecule has 144 heavy (non-hydrogen) atoms. The summed E-state index contributed by atoms with van der Waals surface area (Å²) in [5.74, 6) is 0. The van der Waals surface area contributed by atoms with Crippen molar-refractivity contribution >= 4 is 88.7 Å². The van der Waals surface area contributed by atoms with Gasteiger partial charge in [-0.05, 0) is 349 Å². The topological polar surface area (TPSA) is 115 Å². The highest BCUT2D eigenvalue weighted by molar-refractivity contribution is 6.07. The number of aromatic nitrogens is 8. The number of benzene rings is 4. The number of fused-ring (bicyclic) bond motifs is 16. The molecule has 0 saturated heterocycles. The van der Waals surface area contributed by atoms with Crippen LogP contribution < -0.4 is 0 Å². The maximum atomic E-state index is 6.21. The molecular weight excluding hydrogens is 1750 g/mol. The molecule has 4 aliphatic rings. The van der Waals surface area contributed by atoms with Gasteiger partial charge in [-0.3, -0.25) is 0 Å². The summed E-state index contributed by atoms with van der Waals surface area (Å²) in [5, 5.41) is 0. The molecule has 0 fully saturated rings. The maximum Gasteiger partial charge on any atom is 0.0769 e. The van der Waals surface area contributed by atoms with Crippen molar-refractivity contribution in [2.75, 3.05) is 0 Å². The largest absolute Gasteiger partial charge is 0.354 e. The van der Waals surface area contributed by atoms with E-state index in [1.54, 1.807) is 0 Å². The average molecular weight is 1930 g/mol. The molecule has 0 aliphatic carbocycles. The van der Waals surface area contributed by atoms with E-state index in [1.807, 2.05) is 0 Å². The van der Waals surface area contributed by atoms with Crippen molar-refractivity contribution in [1.82, 2.24) is 39.9 Å². The Hall–Kier alpha value is -9.92. The predicted molar refractivity (Wildman–Crippen MR) is 633 cm³/mol. The molecule has 0 unspecified atom stereocenters. The SMILES string of the molecule is CCCCCCC1=C(C)c2nc1cc1[nH]c(c(C)c1CCCCCC)c(-c1ccc(-c3ccc(-c4c5nc(cc6[nH]c(c(C)c6CCCCCC)c(-c6cc(C(C)(C)C)cc(C(C)(C)C)c6)c6nc(cc7[nH]c4c(C)c7CCCCCC)C(CCCCCC)=C6C)C(CCCCCC)=C5C)cc3)cc1)c1nc(cc3[nH]c(c(C)c3CCCCCC)c2-c2cc(C(C)(C)C)cc(C(C)(C)C)c2)C(CCCCCC)=C1C. The van der Waals surface area contributed by atoms with Gasteiger partial charge in [0.25, 0.3) is 0 Å². The first kappa shape index (κ1) is 110. The third-order valence-electron chi connectivity index (χ3n) is 32.9. The summed E-state index contributed by atoms with van der Waals surface area (Å²) < 4.78 is 0. The third-order valence-corrected chi connectivity index (χ3v) is 32.9. The van der Waals surface area contributed by atoms with Crippen LogP contribution in [0.2, 0.25) is 0 Å². The van der Waals surface area contributed by atoms with Crippen LogP contribution in [-0.4, -0.2) is 39.9 Å². The number of rotatable bonds is 45. The summed E-state index contributed by atoms with van der Waals surface area (Å²) in [7, 11) is 0. The summed E-state index contributed by atoms with van der Waals surface area (Å²) in [4.78, 5) is 42.3. The minimum Gasteiger partial charge on any atom is -0.354 e. The number of aromatic amines is 4. The Morgan fingerprint density at radius 2 is 0.382 bits per heavy atom. The van der Waals surface area contributed by atoms with Crippen molar-refractivity contribution in [3.8, 4) is 55.6 Å². The van der Waals surface area contributed by atoms with E-state index in [9.17, 15) is 0 Å². The highest BCUT2D eigenvalue weighted by Gasteiger charge is 2.34. The molecule has 14 rings (SSSR count). The first-order valence-corrected chi connectivity index (χ1v) is 57.9. The van der Waals surface area contributed by atoms with Crippen LogP contribution in [0.15, 0.2) is 109 Å². The molecule has 4 aliphatic heterocycles. The molecule has 8 nitrogen and oxygen atoms in total. The van der Waals surface area contributed by atoms with Gasteiger partial charge in [0.2, 0.25) is 0 Å². The second-order valence-corrected chi connectivity index (χ2v) is 48.2. The van der Waals surface area contributed by atoms with Gasteiger partial charge < -0.3 is 19.9 Å². The molecule has 10 heterocycles. The van der Waals surface area contributed by atoms with Gasteiger partial charge in [-0.15, -0.1) is 0 Å². The lowest BCUT2D eigenvalue weighted by atomic mass is 9.78. The van der Waals surface area contributed by atoms with Crippen LogP contribution in [0.25, 0.3) is 144 Å². The Morgan fingerprint density at radius 3 is 0.569 bits per heavy atom. The van der Waals surface area contributed by atoms with Crippen LogP contribution in [0.4, 0.5) is 0 Å². The molecule has 0 amide bonds. The minimum atomic E-state index is -0.0931. The van der Waals surface area contributed by atoms with Crippen molar-refractivity contribution in [3.05, 3.63) is 222 Å². The molecule has 770 valence electrons. The van der Waals surface area contributed by atoms with E-state index in [-0.39, 0.29) is 21.7 Å². The average Bonchev–Trinajstić information content (AvgIpc) is 1.61. The van der Waals surface area contributed by atoms with Gasteiger partial charge >= 0.3 is 0 Å². The highest BCUT2D eigenvalue weighted by Crippen LogP contribution is 2.52. The number of hydrogen-bond donors (Lipinski definition) is 4. The molecular formula is C136H186N8. The van der Waals surface area contributed by atoms with Crippen LogP contribution in [-0.2, 0) is 47.3 Å². The van der Waals surface area contributed by atoms with Gasteiger partial charge in [0.15, 0.2) is 0 Å². The lowest BCUT2D eigenvalue weighted by Crippen LogP contribution is -2.16. The Balaban J connectivity index is 1.04. The van der Waals surface area contributed by atoms with E-state index >= 15 is 0 Å². The number of nitrogens with one attached hydrogen (secondary N) is 4. The van der Waals surface area contributed by atoms with E-state index in [4.69, 9.17) is 19.9 Å². The molecule has 6 aromatic heterocycles. The van der Waals surface area contributed by atoms with Crippen LogP contribution in [0, 0.1) is 27.7 Å². The van der Waals surface area contributed by atoms with E-state index in [1.165, 1.54) is 343 Å². The van der Waals surface area contributed by atoms with Crippen molar-refractivity contribution < 1.29 is 0 Å². The zero-order chi connectivity index (χ0) is 103. The Labute approximate surface area is 872 Å². The molecule has 0 spiro atoms. The molecule has 0 atom stereocenters. The second kappa shape index (κ2) is 48.8. The Bertz CT molecular complexity index is 6230. The van der Waals surface area contributed by atoms with E-state index < -0.39 is 0 Å². The molecule has 4 aromatic carbocycles. The lowest BCUT2D eigenvalue weighted by Gasteiger charge is -2.26. The summed E-state index contributed by atoms with van der Waals surface area (Å²) in [5.41, 5.74) is 56.6. The number of H-pyrrole nitrogens is 4. The first-order valence-electron chi connectivity index (χ1n) is 57.9. The zero-order valence-corrected chi connectivity index (χ0v) is 95.5. The number of allylic oxidation sites excluding steroid dienone is 8. The summed E-state index contributed by atoms with van der Waals surface area (Å²) in [6.07, 6.45) is 45.5. The van der Waals surface area contributed by atoms with Crippen molar-refractivity contribution in [1.29, 1.82) is 0 Å². The van der Waals surface area contributed by atoms with Gasteiger partial charge in [-0.2, -0.15) is 0 Å². The molecule has 0 radical (unpaired) electrons. The zero-order valence-electron chi connectivity index (χ0n) is 95.5. The smallest absolute Gasteiger partial charge is 0.0769 e. The number of unbranched alkanes of at least 4 members (excludes halogenated alkanes) is 24. The van der Waals surface area contributed by atoms with Crippen LogP contribution in [0.5, 0.6) is 0 Å². The molecule has 16 bridgehead atoms. The van der Waals surface area contributed by atoms with E-state index in [0.717, 1.165) is 170 Å². The van der Waals surface area contributed by atoms with Crippen molar-refractivity contribution in [2.45, 2.75) is 472 Å². The second-order valence-electron chi connectivity index (χ2n) is 48.2. The maximum absolute atomic E-state index is 6.21. The van der Waals surface area contributed by atoms with Gasteiger partial charge in [-0.25, -0.2) is 19.9 Å². The Kier molecular flexibility index (Phi) is 37.2. The summed E-state index contributed by atoms with van der Waals surface area (Å²) >= 11 is 0. The van der Waals surface area contributed by atoms with Crippen LogP contribution in [0.1, 0.15) is 510 Å². The molecule has 0 saturated carbocycles. The van der Waals surface area contributed by atoms with Gasteiger partial charge in [0, 0.05) is 44.3 Å². The summed E-state index contributed by atoms with van der Waals surface area (Å²) in [6.45, 7) is 66.8. The Morgan fingerprint density at radius 1 is 0.201 bits per heavy atom. The van der Waals surface area contributed by atoms with Crippen LogP contribution in [0.3, 0.4) is 0 Å². The van der Waals surface area contributed by atoms with Crippen molar-refractivity contribution in [2.24, 2.45) is 0 Å². The fraction of sp³-hybridized carbons (Fsp3) is 0.529. The normalized spacial score (nSPS) is 13.4. The highest BCUT2D eigenvalue weighted by atomic mass is 14.8. The predicted octanol–water partition coefficient (Wildman–Crippen LogP) is 41.8. The minimum absolute atomic E-state index is 0.0931. The number of nitrogens with zero attached hydrogens (tertiary/aromatic N) is 4. The fourth-order valence-corrected chi connectivity index (χ4v) is 23.5. The quantitative estimate of drug-likeness (QED) is 0.0285. The molecule has 4 N–H and O–H groups in total. The number of hydrogen-bond acceptors (Lipinski definition) is 4. The fourth-order valence-electron chi connectivity index (χ4n) is 23.5. The summed E-state index contributed by atoms with van der Waals surface area (Å²) in [6, 6.07) is 44.5. The van der Waals surface area contributed by atoms with Gasteiger partial charge in [-0.1, -0.05) is 378 Å². The standard InChI is InChI=1S/C136H186N8/c1-29-37-45-53-61-105-87(9)125-121(126-88(10)106(62-54-46-38-30-2)114(138-126)84-118-110(66-58-50-42-34-6)92(14)130(142-118)123(99-77-101(133(17,18)19)81-102(78-99)134(20,21)22)129-91(13)109(65-57-49-41-33-5)117(141-129)83-113(105)137-125)97-73-69-95(70-74-97)96-71-75-98(76-72-96)122-127-89(11)107(63-55-47-39-31-3)115(139-127)85-119-111(67-59-51-43-35-7)93(15)131(143-119)124(100-79-103(135(23,24)25)82-104(80-100)136(26,27)28)132-94(16)112(68-60-52-44-36-8)120(144-132)86-116-108(64-56-48-40-32-4)90(12)128(122)140-116/h69-86,137,139,142,144H,29-68H2,1-28H3. The number of aryl methyl sites for hydroxylation is 8. The van der Waals surface area contributed by atoms with Gasteiger partial charge in [0.1, 0.15) is 0 Å². The van der Waals surface area contributed by atoms with Crippen molar-refractivity contribution in [3.63, 3.8) is 0 Å². The third kappa shape index (κ3) is 24.9. The van der Waals surface area contributed by atoms with Gasteiger partial charge in [0.05, 0.1) is 67.6 Å². The van der Waals surface area contributed by atoms with Crippen LogP contribution >= 0.6 is 0 Å². The monoisotopic (exact) mass is 1930 g/mol. The molecule has 10 aromatic rings. The molecule has 8 heteroatoms. The first-order chi connectivity index (χ1) is 69.0. The lowest BCUT2D eigenvalue weighted by molar-refractivity contribution is 0.568.